The molecule has 0 aliphatic carbocycles. The van der Waals surface area contributed by atoms with Crippen LogP contribution >= 0.6 is 23.2 Å². The maximum Gasteiger partial charge on any atom is 0.328 e. The minimum absolute atomic E-state index is 0.0464. The second-order valence-corrected chi connectivity index (χ2v) is 7.46. The van der Waals surface area contributed by atoms with E-state index >= 15 is 0 Å². The van der Waals surface area contributed by atoms with Crippen LogP contribution in [-0.4, -0.2) is 25.0 Å². The Hall–Kier alpha value is -2.96. The maximum absolute atomic E-state index is 14.0. The van der Waals surface area contributed by atoms with E-state index in [4.69, 9.17) is 27.9 Å². The molecular weight excluding hydrogens is 447 g/mol. The van der Waals surface area contributed by atoms with Crippen molar-refractivity contribution in [2.24, 2.45) is 0 Å². The van der Waals surface area contributed by atoms with Gasteiger partial charge in [0.2, 0.25) is 0 Å². The summed E-state index contributed by atoms with van der Waals surface area (Å²) in [7, 11) is 1.20. The van der Waals surface area contributed by atoms with Crippen LogP contribution in [0, 0.1) is 11.6 Å². The van der Waals surface area contributed by atoms with Gasteiger partial charge in [-0.3, -0.25) is 4.79 Å². The summed E-state index contributed by atoms with van der Waals surface area (Å²) < 4.78 is 32.8. The molecule has 160 valence electrons. The largest absolute Gasteiger partial charge is 0.467 e. The van der Waals surface area contributed by atoms with Gasteiger partial charge in [0.1, 0.15) is 17.7 Å². The highest BCUT2D eigenvalue weighted by Gasteiger charge is 2.25. The zero-order valence-electron chi connectivity index (χ0n) is 16.3. The topological polar surface area (TPSA) is 55.4 Å². The molecule has 1 N–H and O–H groups in total. The fraction of sp³-hybridized carbons (Fsp3) is 0.130. The number of nitrogens with one attached hydrogen (secondary N) is 1. The SMILES string of the molecule is COC(=O)[C@H](Cc1ccc(-c2c(F)cccc2F)cc1)NC(=O)c1c(Cl)cccc1Cl. The zero-order chi connectivity index (χ0) is 22.5. The van der Waals surface area contributed by atoms with E-state index in [0.717, 1.165) is 0 Å². The van der Waals surface area contributed by atoms with Gasteiger partial charge in [0, 0.05) is 6.42 Å². The molecule has 0 spiro atoms. The van der Waals surface area contributed by atoms with Gasteiger partial charge in [-0.1, -0.05) is 59.6 Å². The number of hydrogen-bond acceptors (Lipinski definition) is 3. The van der Waals surface area contributed by atoms with E-state index in [1.807, 2.05) is 0 Å². The summed E-state index contributed by atoms with van der Waals surface area (Å²) >= 11 is 12.1. The molecule has 4 nitrogen and oxygen atoms in total. The van der Waals surface area contributed by atoms with Crippen molar-refractivity contribution in [2.75, 3.05) is 7.11 Å². The van der Waals surface area contributed by atoms with E-state index in [-0.39, 0.29) is 27.6 Å². The minimum Gasteiger partial charge on any atom is -0.467 e. The Balaban J connectivity index is 1.82. The summed E-state index contributed by atoms with van der Waals surface area (Å²) in [4.78, 5) is 24.9. The van der Waals surface area contributed by atoms with E-state index in [0.29, 0.717) is 11.1 Å². The van der Waals surface area contributed by atoms with Gasteiger partial charge in [-0.15, -0.1) is 0 Å². The molecule has 3 aromatic rings. The van der Waals surface area contributed by atoms with Crippen molar-refractivity contribution in [1.29, 1.82) is 0 Å². The lowest BCUT2D eigenvalue weighted by Gasteiger charge is -2.18. The summed E-state index contributed by atoms with van der Waals surface area (Å²) in [6, 6.07) is 13.5. The zero-order valence-corrected chi connectivity index (χ0v) is 17.8. The van der Waals surface area contributed by atoms with Crippen molar-refractivity contribution >= 4 is 35.1 Å². The average Bonchev–Trinajstić information content (AvgIpc) is 2.73. The molecule has 0 aliphatic rings. The van der Waals surface area contributed by atoms with E-state index in [1.165, 1.54) is 49.6 Å². The molecule has 0 heterocycles. The number of carbonyl (C=O) groups excluding carboxylic acids is 2. The standard InChI is InChI=1S/C23H17Cl2F2NO3/c1-31-23(30)19(28-22(29)21-15(24)4-2-5-16(21)25)12-13-8-10-14(11-9-13)20-17(26)6-3-7-18(20)27/h2-11,19H,12H2,1H3,(H,28,29)/t19-/m0/s1. The van der Waals surface area contributed by atoms with Crippen LogP contribution < -0.4 is 5.32 Å². The van der Waals surface area contributed by atoms with Gasteiger partial charge in [-0.05, 0) is 35.4 Å². The number of esters is 1. The quantitative estimate of drug-likeness (QED) is 0.494. The van der Waals surface area contributed by atoms with Crippen LogP contribution in [0.3, 0.4) is 0 Å². The Bertz CT molecular complexity index is 1080. The van der Waals surface area contributed by atoms with Crippen molar-refractivity contribution in [3.8, 4) is 11.1 Å². The fourth-order valence-electron chi connectivity index (χ4n) is 3.10. The van der Waals surface area contributed by atoms with Crippen LogP contribution in [0.25, 0.3) is 11.1 Å². The van der Waals surface area contributed by atoms with E-state index in [2.05, 4.69) is 5.32 Å². The van der Waals surface area contributed by atoms with Crippen LogP contribution in [0.1, 0.15) is 15.9 Å². The number of halogens is 4. The summed E-state index contributed by atoms with van der Waals surface area (Å²) in [5.74, 6) is -2.65. The third kappa shape index (κ3) is 5.21. The van der Waals surface area contributed by atoms with Crippen LogP contribution in [-0.2, 0) is 16.0 Å². The molecule has 0 bridgehead atoms. The third-order valence-electron chi connectivity index (χ3n) is 4.63. The Labute approximate surface area is 187 Å². The molecule has 0 aliphatic heterocycles. The Morgan fingerprint density at radius 2 is 1.48 bits per heavy atom. The van der Waals surface area contributed by atoms with Gasteiger partial charge >= 0.3 is 5.97 Å². The number of hydrogen-bond donors (Lipinski definition) is 1. The second-order valence-electron chi connectivity index (χ2n) is 6.64. The average molecular weight is 464 g/mol. The molecule has 3 aromatic carbocycles. The Morgan fingerprint density at radius 1 is 0.935 bits per heavy atom. The second kappa shape index (κ2) is 9.90. The van der Waals surface area contributed by atoms with Crippen LogP contribution in [0.15, 0.2) is 60.7 Å². The lowest BCUT2D eigenvalue weighted by Crippen LogP contribution is -2.43. The number of ether oxygens (including phenoxy) is 1. The van der Waals surface area contributed by atoms with Crippen LogP contribution in [0.4, 0.5) is 8.78 Å². The van der Waals surface area contributed by atoms with E-state index in [1.54, 1.807) is 18.2 Å². The smallest absolute Gasteiger partial charge is 0.328 e. The van der Waals surface area contributed by atoms with Gasteiger partial charge in [-0.2, -0.15) is 0 Å². The predicted octanol–water partition coefficient (Wildman–Crippen LogP) is 5.45. The molecule has 1 amide bonds. The van der Waals surface area contributed by atoms with E-state index in [9.17, 15) is 18.4 Å². The normalized spacial score (nSPS) is 11.6. The number of rotatable bonds is 6. The van der Waals surface area contributed by atoms with Crippen molar-refractivity contribution in [3.63, 3.8) is 0 Å². The number of methoxy groups -OCH3 is 1. The summed E-state index contributed by atoms with van der Waals surface area (Å²) in [6.07, 6.45) is 0.0838. The first-order valence-corrected chi connectivity index (χ1v) is 9.93. The molecule has 8 heteroatoms. The summed E-state index contributed by atoms with van der Waals surface area (Å²) in [5.41, 5.74) is 0.896. The van der Waals surface area contributed by atoms with Gasteiger partial charge in [0.25, 0.3) is 5.91 Å². The van der Waals surface area contributed by atoms with Crippen molar-refractivity contribution in [3.05, 3.63) is 93.5 Å². The van der Waals surface area contributed by atoms with Crippen molar-refractivity contribution in [2.45, 2.75) is 12.5 Å². The fourth-order valence-corrected chi connectivity index (χ4v) is 3.67. The number of amides is 1. The van der Waals surface area contributed by atoms with Gasteiger partial charge < -0.3 is 10.1 Å². The molecule has 1 atom stereocenters. The van der Waals surface area contributed by atoms with Crippen molar-refractivity contribution in [1.82, 2.24) is 5.32 Å². The molecule has 0 saturated carbocycles. The molecule has 0 radical (unpaired) electrons. The van der Waals surface area contributed by atoms with E-state index < -0.39 is 29.6 Å². The summed E-state index contributed by atoms with van der Waals surface area (Å²) in [5, 5.41) is 2.86. The van der Waals surface area contributed by atoms with Gasteiger partial charge in [0.15, 0.2) is 0 Å². The van der Waals surface area contributed by atoms with Crippen LogP contribution in [0.2, 0.25) is 10.0 Å². The Kier molecular flexibility index (Phi) is 7.25. The number of benzene rings is 3. The lowest BCUT2D eigenvalue weighted by molar-refractivity contribution is -0.142. The molecule has 0 fully saturated rings. The third-order valence-corrected chi connectivity index (χ3v) is 5.26. The highest BCUT2D eigenvalue weighted by Crippen LogP contribution is 2.27. The Morgan fingerprint density at radius 3 is 2.03 bits per heavy atom. The lowest BCUT2D eigenvalue weighted by atomic mass is 9.99. The molecule has 0 saturated heterocycles. The molecular formula is C23H17Cl2F2NO3. The first-order valence-electron chi connectivity index (χ1n) is 9.18. The predicted molar refractivity (Wildman–Crippen MR) is 115 cm³/mol. The van der Waals surface area contributed by atoms with Crippen molar-refractivity contribution < 1.29 is 23.1 Å². The number of carbonyl (C=O) groups is 2. The maximum atomic E-state index is 14.0. The highest BCUT2D eigenvalue weighted by molar-refractivity contribution is 6.39. The molecule has 3 rings (SSSR count). The van der Waals surface area contributed by atoms with Crippen LogP contribution in [0.5, 0.6) is 0 Å². The van der Waals surface area contributed by atoms with Gasteiger partial charge in [0.05, 0.1) is 28.3 Å². The first-order chi connectivity index (χ1) is 14.8. The monoisotopic (exact) mass is 463 g/mol. The summed E-state index contributed by atoms with van der Waals surface area (Å²) in [6.45, 7) is 0. The highest BCUT2D eigenvalue weighted by atomic mass is 35.5. The first kappa shape index (κ1) is 22.7. The van der Waals surface area contributed by atoms with Gasteiger partial charge in [-0.25, -0.2) is 13.6 Å². The molecule has 31 heavy (non-hydrogen) atoms. The molecule has 0 aromatic heterocycles. The minimum atomic E-state index is -1.03. The molecule has 0 unspecified atom stereocenters.